The van der Waals surface area contributed by atoms with E-state index in [2.05, 4.69) is 24.3 Å². The number of amides is 1. The first-order chi connectivity index (χ1) is 15.2. The number of fused-ring (bicyclic) bond motifs is 2. The summed E-state index contributed by atoms with van der Waals surface area (Å²) in [6.45, 7) is 2.22. The van der Waals surface area contributed by atoms with Crippen molar-refractivity contribution in [1.29, 1.82) is 0 Å². The molecule has 0 atom stereocenters. The van der Waals surface area contributed by atoms with Gasteiger partial charge in [-0.2, -0.15) is 0 Å². The van der Waals surface area contributed by atoms with Crippen molar-refractivity contribution in [3.05, 3.63) is 71.8 Å². The molecule has 5 heteroatoms. The Balaban J connectivity index is 1.16. The number of ketones is 1. The second kappa shape index (κ2) is 8.42. The highest BCUT2D eigenvalue weighted by atomic mass is 16.5. The number of benzene rings is 3. The second-order valence-electron chi connectivity index (χ2n) is 8.38. The lowest BCUT2D eigenvalue weighted by molar-refractivity contribution is -0.121. The lowest BCUT2D eigenvalue weighted by Gasteiger charge is -2.32. The van der Waals surface area contributed by atoms with Gasteiger partial charge in [-0.3, -0.25) is 9.59 Å². The number of Topliss-reactive ketones (excluding diaryl/α,β-unsaturated/α-hetero) is 1. The Morgan fingerprint density at radius 2 is 1.81 bits per heavy atom. The minimum Gasteiger partial charge on any atom is -0.493 e. The van der Waals surface area contributed by atoms with E-state index in [9.17, 15) is 9.59 Å². The first-order valence-electron chi connectivity index (χ1n) is 10.8. The quantitative estimate of drug-likeness (QED) is 0.638. The van der Waals surface area contributed by atoms with Crippen molar-refractivity contribution >= 4 is 22.5 Å². The molecule has 2 heterocycles. The van der Waals surface area contributed by atoms with Gasteiger partial charge in [0, 0.05) is 30.6 Å². The van der Waals surface area contributed by atoms with Crippen molar-refractivity contribution < 1.29 is 19.1 Å². The van der Waals surface area contributed by atoms with E-state index in [0.29, 0.717) is 30.3 Å². The van der Waals surface area contributed by atoms with E-state index < -0.39 is 0 Å². The van der Waals surface area contributed by atoms with Crippen LogP contribution in [0.3, 0.4) is 0 Å². The highest BCUT2D eigenvalue weighted by Crippen LogP contribution is 2.27. The third-order valence-corrected chi connectivity index (χ3v) is 6.19. The topological polar surface area (TPSA) is 55.8 Å². The number of hydrogen-bond acceptors (Lipinski definition) is 4. The lowest BCUT2D eigenvalue weighted by atomic mass is 9.96. The Labute approximate surface area is 181 Å². The summed E-state index contributed by atoms with van der Waals surface area (Å²) in [5.74, 6) is 2.10. The number of nitrogens with zero attached hydrogens (tertiary/aromatic N) is 1. The minimum absolute atomic E-state index is 0.0229. The molecular weight excluding hydrogens is 390 g/mol. The normalized spacial score (nSPS) is 16.6. The molecule has 3 aromatic rings. The van der Waals surface area contributed by atoms with Crippen LogP contribution in [0.2, 0.25) is 0 Å². The fraction of sp³-hybridized carbons (Fsp3) is 0.308. The van der Waals surface area contributed by atoms with Crippen LogP contribution in [0.15, 0.2) is 60.7 Å². The largest absolute Gasteiger partial charge is 0.493 e. The van der Waals surface area contributed by atoms with Crippen LogP contribution in [-0.4, -0.2) is 42.9 Å². The predicted molar refractivity (Wildman–Crippen MR) is 119 cm³/mol. The Hall–Kier alpha value is -3.34. The molecule has 0 aliphatic carbocycles. The number of carbonyl (C=O) groups is 2. The summed E-state index contributed by atoms with van der Waals surface area (Å²) in [4.78, 5) is 26.5. The number of likely N-dealkylation sites (tertiary alicyclic amines) is 1. The van der Waals surface area contributed by atoms with Crippen LogP contribution in [0, 0.1) is 5.92 Å². The Morgan fingerprint density at radius 1 is 1.00 bits per heavy atom. The zero-order valence-electron chi connectivity index (χ0n) is 17.4. The smallest absolute Gasteiger partial charge is 0.253 e. The Morgan fingerprint density at radius 3 is 2.65 bits per heavy atom. The van der Waals surface area contributed by atoms with Gasteiger partial charge in [-0.1, -0.05) is 30.3 Å². The zero-order valence-corrected chi connectivity index (χ0v) is 17.4. The summed E-state index contributed by atoms with van der Waals surface area (Å²) in [5, 5.41) is 2.39. The van der Waals surface area contributed by atoms with E-state index in [1.165, 1.54) is 10.8 Å². The fourth-order valence-electron chi connectivity index (χ4n) is 4.37. The molecule has 1 amide bonds. The highest BCUT2D eigenvalue weighted by molar-refractivity contribution is 5.95. The molecule has 1 fully saturated rings. The van der Waals surface area contributed by atoms with Crippen LogP contribution in [0.25, 0.3) is 10.8 Å². The molecule has 158 valence electrons. The third kappa shape index (κ3) is 4.26. The van der Waals surface area contributed by atoms with E-state index in [-0.39, 0.29) is 18.3 Å². The van der Waals surface area contributed by atoms with Gasteiger partial charge in [0.2, 0.25) is 0 Å². The van der Waals surface area contributed by atoms with E-state index >= 15 is 0 Å². The average Bonchev–Trinajstić information content (AvgIpc) is 2.82. The summed E-state index contributed by atoms with van der Waals surface area (Å²) < 4.78 is 11.5. The second-order valence-corrected chi connectivity index (χ2v) is 8.38. The number of carbonyl (C=O) groups excluding carboxylic acids is 2. The number of ether oxygens (including phenoxy) is 2. The lowest BCUT2D eigenvalue weighted by Crippen LogP contribution is -2.39. The maximum atomic E-state index is 12.9. The first-order valence-corrected chi connectivity index (χ1v) is 10.8. The van der Waals surface area contributed by atoms with Gasteiger partial charge in [-0.25, -0.2) is 0 Å². The molecule has 0 aromatic heterocycles. The molecule has 0 bridgehead atoms. The van der Waals surface area contributed by atoms with Gasteiger partial charge in [-0.15, -0.1) is 0 Å². The van der Waals surface area contributed by atoms with Crippen LogP contribution in [0.4, 0.5) is 0 Å². The van der Waals surface area contributed by atoms with Crippen LogP contribution in [0.1, 0.15) is 28.8 Å². The molecule has 0 N–H and O–H groups in total. The predicted octanol–water partition coefficient (Wildman–Crippen LogP) is 4.28. The molecular formula is C26H25NO4. The maximum Gasteiger partial charge on any atom is 0.253 e. The van der Waals surface area contributed by atoms with Gasteiger partial charge in [0.05, 0.1) is 6.61 Å². The summed E-state index contributed by atoms with van der Waals surface area (Å²) >= 11 is 0. The molecule has 0 radical (unpaired) electrons. The third-order valence-electron chi connectivity index (χ3n) is 6.19. The number of rotatable bonds is 4. The van der Waals surface area contributed by atoms with Crippen molar-refractivity contribution in [2.45, 2.75) is 19.3 Å². The maximum absolute atomic E-state index is 12.9. The SMILES string of the molecule is O=C1COc2ccc(C(=O)N3CCC(COc4ccc5ccccc5c4)CC3)cc2C1. The van der Waals surface area contributed by atoms with E-state index in [1.807, 2.05) is 29.2 Å². The van der Waals surface area contributed by atoms with Gasteiger partial charge in [-0.05, 0) is 59.9 Å². The number of piperidine rings is 1. The van der Waals surface area contributed by atoms with Gasteiger partial charge in [0.1, 0.15) is 18.1 Å². The molecule has 5 nitrogen and oxygen atoms in total. The molecule has 2 aliphatic rings. The summed E-state index contributed by atoms with van der Waals surface area (Å²) in [6, 6.07) is 19.9. The fourth-order valence-corrected chi connectivity index (χ4v) is 4.37. The average molecular weight is 415 g/mol. The van der Waals surface area contributed by atoms with Crippen molar-refractivity contribution in [3.8, 4) is 11.5 Å². The van der Waals surface area contributed by atoms with E-state index in [1.54, 1.807) is 12.1 Å². The summed E-state index contributed by atoms with van der Waals surface area (Å²) in [7, 11) is 0. The van der Waals surface area contributed by atoms with Crippen LogP contribution >= 0.6 is 0 Å². The molecule has 0 spiro atoms. The minimum atomic E-state index is 0.0229. The van der Waals surface area contributed by atoms with Crippen molar-refractivity contribution in [2.24, 2.45) is 5.92 Å². The van der Waals surface area contributed by atoms with Crippen molar-refractivity contribution in [2.75, 3.05) is 26.3 Å². The molecule has 1 saturated heterocycles. The van der Waals surface area contributed by atoms with Crippen LogP contribution in [0.5, 0.6) is 11.5 Å². The van der Waals surface area contributed by atoms with Crippen molar-refractivity contribution in [1.82, 2.24) is 4.90 Å². The Bertz CT molecular complexity index is 1130. The molecule has 0 saturated carbocycles. The zero-order chi connectivity index (χ0) is 21.2. The van der Waals surface area contributed by atoms with E-state index in [4.69, 9.17) is 9.47 Å². The van der Waals surface area contributed by atoms with Crippen LogP contribution < -0.4 is 9.47 Å². The van der Waals surface area contributed by atoms with Gasteiger partial charge >= 0.3 is 0 Å². The van der Waals surface area contributed by atoms with Gasteiger partial charge in [0.15, 0.2) is 5.78 Å². The molecule has 3 aromatic carbocycles. The molecule has 31 heavy (non-hydrogen) atoms. The highest BCUT2D eigenvalue weighted by Gasteiger charge is 2.25. The van der Waals surface area contributed by atoms with Crippen LogP contribution in [-0.2, 0) is 11.2 Å². The number of hydrogen-bond donors (Lipinski definition) is 0. The standard InChI is InChI=1S/C26H25NO4/c28-23-14-22-13-21(6-8-25(22)31-17-23)26(29)27-11-9-18(10-12-27)16-30-24-7-5-19-3-1-2-4-20(19)15-24/h1-8,13,15,18H,9-12,14,16-17H2. The molecule has 0 unspecified atom stereocenters. The van der Waals surface area contributed by atoms with E-state index in [0.717, 1.165) is 37.2 Å². The molecule has 2 aliphatic heterocycles. The van der Waals surface area contributed by atoms with Gasteiger partial charge < -0.3 is 14.4 Å². The summed E-state index contributed by atoms with van der Waals surface area (Å²) in [6.07, 6.45) is 2.18. The van der Waals surface area contributed by atoms with Crippen molar-refractivity contribution in [3.63, 3.8) is 0 Å². The monoisotopic (exact) mass is 415 g/mol. The Kier molecular flexibility index (Phi) is 5.33. The molecule has 5 rings (SSSR count). The van der Waals surface area contributed by atoms with Gasteiger partial charge in [0.25, 0.3) is 5.91 Å². The summed E-state index contributed by atoms with van der Waals surface area (Å²) in [5.41, 5.74) is 1.43. The first kappa shape index (κ1) is 19.6.